The number of hydrogen-bond donors (Lipinski definition) is 1. The van der Waals surface area contributed by atoms with Crippen LogP contribution in [0, 0.1) is 5.82 Å². The normalized spacial score (nSPS) is 15.9. The van der Waals surface area contributed by atoms with Crippen molar-refractivity contribution in [1.29, 1.82) is 0 Å². The number of rotatable bonds is 9. The van der Waals surface area contributed by atoms with Gasteiger partial charge < -0.3 is 14.9 Å². The van der Waals surface area contributed by atoms with E-state index >= 15 is 0 Å². The molecule has 1 N–H and O–H groups in total. The molecule has 0 aromatic heterocycles. The number of Topliss-reactive ketones (excluding diaryl/α,β-unsaturated/α-hetero) is 1. The highest BCUT2D eigenvalue weighted by Gasteiger charge is 2.33. The highest BCUT2D eigenvalue weighted by Crippen LogP contribution is 2.46. The summed E-state index contributed by atoms with van der Waals surface area (Å²) >= 11 is 14.0. The van der Waals surface area contributed by atoms with E-state index in [9.17, 15) is 14.3 Å². The monoisotopic (exact) mass is 726 g/mol. The van der Waals surface area contributed by atoms with E-state index in [1.165, 1.54) is 50.8 Å². The minimum atomic E-state index is -0.801. The predicted octanol–water partition coefficient (Wildman–Crippen LogP) is 10.0. The molecule has 254 valence electrons. The summed E-state index contributed by atoms with van der Waals surface area (Å²) in [6.45, 7) is 3.46. The van der Waals surface area contributed by atoms with Gasteiger partial charge in [-0.05, 0) is 129 Å². The van der Waals surface area contributed by atoms with E-state index < -0.39 is 5.60 Å². The standard InChI is InChI=1S/C21H23ClFNO2.C18H18ClNS.ClH/c22-18-7-5-17(6-8-18)21(26)11-14-24(15-12-21)13-1-2-20(25)16-3-9-19(23)10-4-16;1-20(2)11-5-7-14-15-6-3-4-8-17(15)21-18-10-9-13(19)12-16(14)18;/h3-10,26H,1-2,11-15H2;3-4,6-10,12H,5,11H2,1-2H3;1H. The van der Waals surface area contributed by atoms with Gasteiger partial charge in [0.05, 0.1) is 5.60 Å². The van der Waals surface area contributed by atoms with E-state index in [0.29, 0.717) is 29.8 Å². The molecule has 0 aliphatic carbocycles. The van der Waals surface area contributed by atoms with E-state index in [1.54, 1.807) is 0 Å². The van der Waals surface area contributed by atoms with Crippen LogP contribution in [0.15, 0.2) is 107 Å². The number of ketones is 1. The second-order valence-corrected chi connectivity index (χ2v) is 14.3. The third kappa shape index (κ3) is 10.2. The lowest BCUT2D eigenvalue weighted by atomic mass is 9.84. The fourth-order valence-electron chi connectivity index (χ4n) is 5.97. The first-order valence-corrected chi connectivity index (χ1v) is 17.6. The van der Waals surface area contributed by atoms with Gasteiger partial charge in [-0.25, -0.2) is 4.39 Å². The Balaban J connectivity index is 0.000000217. The quantitative estimate of drug-likeness (QED) is 0.153. The smallest absolute Gasteiger partial charge is 0.162 e. The van der Waals surface area contributed by atoms with Crippen molar-refractivity contribution < 1.29 is 14.3 Å². The maximum absolute atomic E-state index is 12.9. The van der Waals surface area contributed by atoms with Crippen LogP contribution >= 0.6 is 47.4 Å². The van der Waals surface area contributed by atoms with Crippen molar-refractivity contribution in [3.8, 4) is 0 Å². The Labute approximate surface area is 304 Å². The molecule has 9 heteroatoms. The van der Waals surface area contributed by atoms with Crippen molar-refractivity contribution in [2.45, 2.75) is 47.5 Å². The van der Waals surface area contributed by atoms with Crippen LogP contribution in [0.2, 0.25) is 10.0 Å². The molecule has 0 atom stereocenters. The molecular weight excluding hydrogens is 686 g/mol. The molecule has 4 aromatic rings. The SMILES string of the molecule is CN(C)CCC=C1c2ccccc2Sc2ccc(Cl)cc21.Cl.O=C(CCCN1CCC(O)(c2ccc(Cl)cc2)CC1)c1ccc(F)cc1. The molecule has 0 spiro atoms. The molecule has 1 saturated heterocycles. The zero-order chi connectivity index (χ0) is 33.4. The van der Waals surface area contributed by atoms with Crippen molar-refractivity contribution in [3.05, 3.63) is 135 Å². The first kappa shape index (κ1) is 38.1. The number of nitrogens with zero attached hydrogens (tertiary/aromatic N) is 2. The van der Waals surface area contributed by atoms with Gasteiger partial charge in [0, 0.05) is 51.5 Å². The van der Waals surface area contributed by atoms with Crippen LogP contribution < -0.4 is 0 Å². The van der Waals surface area contributed by atoms with E-state index in [2.05, 4.69) is 66.4 Å². The van der Waals surface area contributed by atoms with Crippen LogP contribution in [0.5, 0.6) is 0 Å². The van der Waals surface area contributed by atoms with E-state index in [4.69, 9.17) is 23.2 Å². The number of piperidine rings is 1. The van der Waals surface area contributed by atoms with Crippen LogP contribution in [0.3, 0.4) is 0 Å². The minimum Gasteiger partial charge on any atom is -0.385 e. The lowest BCUT2D eigenvalue weighted by molar-refractivity contribution is -0.0260. The predicted molar refractivity (Wildman–Crippen MR) is 201 cm³/mol. The summed E-state index contributed by atoms with van der Waals surface area (Å²) in [7, 11) is 4.21. The fraction of sp³-hybridized carbons (Fsp3) is 0.308. The lowest BCUT2D eigenvalue weighted by Gasteiger charge is -2.38. The number of fused-ring (bicyclic) bond motifs is 2. The van der Waals surface area contributed by atoms with Crippen LogP contribution in [0.25, 0.3) is 5.57 Å². The topological polar surface area (TPSA) is 43.8 Å². The Kier molecular flexibility index (Phi) is 14.2. The largest absolute Gasteiger partial charge is 0.385 e. The van der Waals surface area contributed by atoms with Crippen molar-refractivity contribution >= 4 is 58.7 Å². The van der Waals surface area contributed by atoms with E-state index in [0.717, 1.165) is 49.6 Å². The molecule has 0 saturated carbocycles. The maximum atomic E-state index is 12.9. The Morgan fingerprint density at radius 3 is 2.25 bits per heavy atom. The molecule has 2 heterocycles. The summed E-state index contributed by atoms with van der Waals surface area (Å²) in [5.74, 6) is -0.289. The Hall–Kier alpha value is -2.68. The van der Waals surface area contributed by atoms with Gasteiger partial charge in [0.25, 0.3) is 0 Å². The number of aliphatic hydroxyl groups is 1. The number of halogens is 4. The Morgan fingerprint density at radius 2 is 1.56 bits per heavy atom. The van der Waals surface area contributed by atoms with Gasteiger partial charge in [-0.1, -0.05) is 71.4 Å². The minimum absolute atomic E-state index is 0. The molecule has 2 aliphatic heterocycles. The number of hydrogen-bond acceptors (Lipinski definition) is 5. The molecule has 0 bridgehead atoms. The highest BCUT2D eigenvalue weighted by molar-refractivity contribution is 7.99. The number of benzene rings is 4. The van der Waals surface area contributed by atoms with Gasteiger partial charge in [-0.15, -0.1) is 12.4 Å². The van der Waals surface area contributed by atoms with E-state index in [-0.39, 0.29) is 24.0 Å². The first-order valence-electron chi connectivity index (χ1n) is 16.0. The van der Waals surface area contributed by atoms with Crippen LogP contribution in [0.1, 0.15) is 59.2 Å². The summed E-state index contributed by atoms with van der Waals surface area (Å²) in [5, 5.41) is 12.3. The maximum Gasteiger partial charge on any atom is 0.162 e. The average molecular weight is 728 g/mol. The molecule has 4 nitrogen and oxygen atoms in total. The summed E-state index contributed by atoms with van der Waals surface area (Å²) < 4.78 is 12.9. The Bertz CT molecular complexity index is 1690. The summed E-state index contributed by atoms with van der Waals surface area (Å²) in [5.41, 5.74) is 4.55. The second kappa shape index (κ2) is 17.8. The lowest BCUT2D eigenvalue weighted by Crippen LogP contribution is -2.42. The third-order valence-electron chi connectivity index (χ3n) is 8.66. The summed E-state index contributed by atoms with van der Waals surface area (Å²) in [6.07, 6.45) is 5.92. The molecule has 0 amide bonds. The van der Waals surface area contributed by atoms with Crippen molar-refractivity contribution in [2.75, 3.05) is 40.3 Å². The zero-order valence-corrected chi connectivity index (χ0v) is 30.4. The van der Waals surface area contributed by atoms with Gasteiger partial charge in [-0.2, -0.15) is 0 Å². The molecule has 0 unspecified atom stereocenters. The molecular formula is C39H42Cl3FN2O2S. The van der Waals surface area contributed by atoms with Crippen LogP contribution in [0.4, 0.5) is 4.39 Å². The first-order chi connectivity index (χ1) is 22.6. The highest BCUT2D eigenvalue weighted by atomic mass is 35.5. The van der Waals surface area contributed by atoms with Crippen molar-refractivity contribution in [3.63, 3.8) is 0 Å². The third-order valence-corrected chi connectivity index (χ3v) is 10.3. The van der Waals surface area contributed by atoms with Crippen molar-refractivity contribution in [2.24, 2.45) is 0 Å². The Morgan fingerprint density at radius 1 is 0.917 bits per heavy atom. The zero-order valence-electron chi connectivity index (χ0n) is 27.3. The molecule has 6 rings (SSSR count). The average Bonchev–Trinajstić information content (AvgIpc) is 3.06. The van der Waals surface area contributed by atoms with Crippen LogP contribution in [-0.4, -0.2) is 61.0 Å². The number of likely N-dealkylation sites (tertiary alicyclic amines) is 1. The number of carbonyl (C=O) groups excluding carboxylic acids is 1. The fourth-order valence-corrected chi connectivity index (χ4v) is 7.35. The molecule has 1 fully saturated rings. The van der Waals surface area contributed by atoms with Gasteiger partial charge in [0.2, 0.25) is 0 Å². The molecule has 4 aromatic carbocycles. The van der Waals surface area contributed by atoms with Gasteiger partial charge in [0.1, 0.15) is 5.82 Å². The summed E-state index contributed by atoms with van der Waals surface area (Å²) in [4.78, 5) is 19.2. The second-order valence-electron chi connectivity index (χ2n) is 12.4. The van der Waals surface area contributed by atoms with Gasteiger partial charge in [0.15, 0.2) is 5.78 Å². The molecule has 48 heavy (non-hydrogen) atoms. The van der Waals surface area contributed by atoms with Crippen LogP contribution in [-0.2, 0) is 5.60 Å². The molecule has 0 radical (unpaired) electrons. The molecule has 2 aliphatic rings. The number of carbonyl (C=O) groups is 1. The summed E-state index contributed by atoms with van der Waals surface area (Å²) in [6, 6.07) is 27.9. The van der Waals surface area contributed by atoms with E-state index in [1.807, 2.05) is 42.1 Å². The van der Waals surface area contributed by atoms with Gasteiger partial charge >= 0.3 is 0 Å². The van der Waals surface area contributed by atoms with Crippen molar-refractivity contribution in [1.82, 2.24) is 9.80 Å². The van der Waals surface area contributed by atoms with Gasteiger partial charge in [-0.3, -0.25) is 4.79 Å².